The minimum Gasteiger partial charge on any atom is -0.481 e. The largest absolute Gasteiger partial charge is 0.481 e. The van der Waals surface area contributed by atoms with E-state index in [1.807, 2.05) is 6.07 Å². The van der Waals surface area contributed by atoms with E-state index in [9.17, 15) is 9.18 Å². The SMILES string of the molecule is O=C(O)CC1CCN(Cc2ccccc2F)C1. The smallest absolute Gasteiger partial charge is 0.303 e. The second-order valence-corrected chi connectivity index (χ2v) is 4.58. The van der Waals surface area contributed by atoms with Gasteiger partial charge in [0, 0.05) is 25.1 Å². The fourth-order valence-corrected chi connectivity index (χ4v) is 2.34. The lowest BCUT2D eigenvalue weighted by Crippen LogP contribution is -2.21. The molecule has 92 valence electrons. The maximum atomic E-state index is 13.4. The van der Waals surface area contributed by atoms with Crippen molar-refractivity contribution in [2.24, 2.45) is 5.92 Å². The molecule has 1 saturated heterocycles. The van der Waals surface area contributed by atoms with Crippen molar-refractivity contribution < 1.29 is 14.3 Å². The van der Waals surface area contributed by atoms with Gasteiger partial charge in [-0.2, -0.15) is 0 Å². The molecule has 0 amide bonds. The van der Waals surface area contributed by atoms with Gasteiger partial charge in [0.05, 0.1) is 0 Å². The van der Waals surface area contributed by atoms with E-state index >= 15 is 0 Å². The molecule has 1 aromatic rings. The predicted molar refractivity (Wildman–Crippen MR) is 62.0 cm³/mol. The van der Waals surface area contributed by atoms with Gasteiger partial charge in [-0.15, -0.1) is 0 Å². The van der Waals surface area contributed by atoms with Gasteiger partial charge in [-0.05, 0) is 24.9 Å². The maximum Gasteiger partial charge on any atom is 0.303 e. The van der Waals surface area contributed by atoms with Crippen LogP contribution in [0.4, 0.5) is 4.39 Å². The Balaban J connectivity index is 1.90. The van der Waals surface area contributed by atoms with Gasteiger partial charge in [-0.1, -0.05) is 18.2 Å². The molecular weight excluding hydrogens is 221 g/mol. The highest BCUT2D eigenvalue weighted by atomic mass is 19.1. The molecule has 1 aliphatic rings. The van der Waals surface area contributed by atoms with Crippen LogP contribution in [-0.4, -0.2) is 29.1 Å². The lowest BCUT2D eigenvalue weighted by Gasteiger charge is -2.15. The third kappa shape index (κ3) is 3.27. The van der Waals surface area contributed by atoms with E-state index < -0.39 is 5.97 Å². The average Bonchev–Trinajstić information content (AvgIpc) is 2.68. The van der Waals surface area contributed by atoms with Crippen LogP contribution in [0.2, 0.25) is 0 Å². The fraction of sp³-hybridized carbons (Fsp3) is 0.462. The molecule has 1 unspecified atom stereocenters. The Bertz CT molecular complexity index is 408. The van der Waals surface area contributed by atoms with Crippen molar-refractivity contribution in [1.82, 2.24) is 4.90 Å². The molecule has 17 heavy (non-hydrogen) atoms. The van der Waals surface area contributed by atoms with Crippen molar-refractivity contribution in [2.75, 3.05) is 13.1 Å². The Kier molecular flexibility index (Phi) is 3.74. The van der Waals surface area contributed by atoms with Gasteiger partial charge < -0.3 is 5.11 Å². The average molecular weight is 237 g/mol. The Hall–Kier alpha value is -1.42. The summed E-state index contributed by atoms with van der Waals surface area (Å²) < 4.78 is 13.4. The molecule has 1 aromatic carbocycles. The van der Waals surface area contributed by atoms with Gasteiger partial charge in [0.25, 0.3) is 0 Å². The van der Waals surface area contributed by atoms with Gasteiger partial charge >= 0.3 is 5.97 Å². The van der Waals surface area contributed by atoms with E-state index in [2.05, 4.69) is 4.90 Å². The van der Waals surface area contributed by atoms with E-state index in [0.717, 1.165) is 19.5 Å². The van der Waals surface area contributed by atoms with Gasteiger partial charge in [0.2, 0.25) is 0 Å². The number of carboxylic acid groups (broad SMARTS) is 1. The van der Waals surface area contributed by atoms with E-state index in [4.69, 9.17) is 5.11 Å². The molecule has 0 aromatic heterocycles. The molecule has 1 atom stereocenters. The first-order valence-electron chi connectivity index (χ1n) is 5.82. The number of aliphatic carboxylic acids is 1. The van der Waals surface area contributed by atoms with Crippen LogP contribution in [0.3, 0.4) is 0 Å². The molecule has 1 fully saturated rings. The number of hydrogen-bond acceptors (Lipinski definition) is 2. The summed E-state index contributed by atoms with van der Waals surface area (Å²) in [4.78, 5) is 12.7. The summed E-state index contributed by atoms with van der Waals surface area (Å²) in [6, 6.07) is 6.74. The van der Waals surface area contributed by atoms with E-state index in [1.54, 1.807) is 12.1 Å². The van der Waals surface area contributed by atoms with Gasteiger partial charge in [-0.25, -0.2) is 4.39 Å². The Labute approximate surface area is 99.9 Å². The second-order valence-electron chi connectivity index (χ2n) is 4.58. The number of benzene rings is 1. The van der Waals surface area contributed by atoms with Crippen molar-refractivity contribution in [3.8, 4) is 0 Å². The van der Waals surface area contributed by atoms with Gasteiger partial charge in [-0.3, -0.25) is 9.69 Å². The summed E-state index contributed by atoms with van der Waals surface area (Å²) in [7, 11) is 0. The van der Waals surface area contributed by atoms with E-state index in [-0.39, 0.29) is 18.2 Å². The number of hydrogen-bond donors (Lipinski definition) is 1. The fourth-order valence-electron chi connectivity index (χ4n) is 2.34. The summed E-state index contributed by atoms with van der Waals surface area (Å²) in [6.45, 7) is 2.18. The lowest BCUT2D eigenvalue weighted by atomic mass is 10.1. The Morgan fingerprint density at radius 2 is 2.24 bits per heavy atom. The molecule has 0 saturated carbocycles. The van der Waals surface area contributed by atoms with Crippen molar-refractivity contribution >= 4 is 5.97 Å². The lowest BCUT2D eigenvalue weighted by molar-refractivity contribution is -0.138. The summed E-state index contributed by atoms with van der Waals surface area (Å²) in [5, 5.41) is 8.72. The summed E-state index contributed by atoms with van der Waals surface area (Å²) in [5.74, 6) is -0.726. The third-order valence-corrected chi connectivity index (χ3v) is 3.19. The Morgan fingerprint density at radius 3 is 2.94 bits per heavy atom. The van der Waals surface area contributed by atoms with Crippen LogP contribution < -0.4 is 0 Å². The van der Waals surface area contributed by atoms with Gasteiger partial charge in [0.15, 0.2) is 0 Å². The monoisotopic (exact) mass is 237 g/mol. The molecule has 1 heterocycles. The molecule has 0 spiro atoms. The highest BCUT2D eigenvalue weighted by molar-refractivity contribution is 5.67. The summed E-state index contributed by atoms with van der Waals surface area (Å²) in [5.41, 5.74) is 0.684. The molecule has 0 aliphatic carbocycles. The van der Waals surface area contributed by atoms with Crippen LogP contribution in [0.5, 0.6) is 0 Å². The zero-order valence-electron chi connectivity index (χ0n) is 9.60. The molecule has 0 bridgehead atoms. The van der Waals surface area contributed by atoms with E-state index in [1.165, 1.54) is 6.07 Å². The molecule has 3 nitrogen and oxygen atoms in total. The molecule has 1 N–H and O–H groups in total. The zero-order valence-corrected chi connectivity index (χ0v) is 9.60. The highest BCUT2D eigenvalue weighted by Gasteiger charge is 2.24. The molecule has 2 rings (SSSR count). The van der Waals surface area contributed by atoms with Crippen LogP contribution in [-0.2, 0) is 11.3 Å². The van der Waals surface area contributed by atoms with Gasteiger partial charge in [0.1, 0.15) is 5.82 Å². The number of nitrogens with zero attached hydrogens (tertiary/aromatic N) is 1. The first kappa shape index (κ1) is 12.0. The normalized spacial score (nSPS) is 20.6. The molecule has 1 aliphatic heterocycles. The quantitative estimate of drug-likeness (QED) is 0.872. The Morgan fingerprint density at radius 1 is 1.47 bits per heavy atom. The van der Waals surface area contributed by atoms with Crippen molar-refractivity contribution in [1.29, 1.82) is 0 Å². The number of halogens is 1. The number of likely N-dealkylation sites (tertiary alicyclic amines) is 1. The zero-order chi connectivity index (χ0) is 12.3. The van der Waals surface area contributed by atoms with Crippen LogP contribution in [0.25, 0.3) is 0 Å². The first-order valence-corrected chi connectivity index (χ1v) is 5.82. The minimum atomic E-state index is -0.747. The second kappa shape index (κ2) is 5.27. The van der Waals surface area contributed by atoms with Crippen LogP contribution in [0.1, 0.15) is 18.4 Å². The molecule has 4 heteroatoms. The number of carbonyl (C=O) groups is 1. The summed E-state index contributed by atoms with van der Waals surface area (Å²) >= 11 is 0. The molecular formula is C13H16FNO2. The maximum absolute atomic E-state index is 13.4. The van der Waals surface area contributed by atoms with Crippen LogP contribution in [0.15, 0.2) is 24.3 Å². The van der Waals surface area contributed by atoms with Crippen molar-refractivity contribution in [3.05, 3.63) is 35.6 Å². The van der Waals surface area contributed by atoms with E-state index in [0.29, 0.717) is 12.1 Å². The minimum absolute atomic E-state index is 0.186. The van der Waals surface area contributed by atoms with Crippen molar-refractivity contribution in [3.63, 3.8) is 0 Å². The van der Waals surface area contributed by atoms with Crippen molar-refractivity contribution in [2.45, 2.75) is 19.4 Å². The highest BCUT2D eigenvalue weighted by Crippen LogP contribution is 2.22. The van der Waals surface area contributed by atoms with Crippen LogP contribution in [0, 0.1) is 11.7 Å². The topological polar surface area (TPSA) is 40.5 Å². The standard InChI is InChI=1S/C13H16FNO2/c14-12-4-2-1-3-11(12)9-15-6-5-10(8-15)7-13(16)17/h1-4,10H,5-9H2,(H,16,17). The molecule has 0 radical (unpaired) electrons. The summed E-state index contributed by atoms with van der Waals surface area (Å²) in [6.07, 6.45) is 1.11. The predicted octanol–water partition coefficient (Wildman–Crippen LogP) is 2.12. The number of rotatable bonds is 4. The number of carboxylic acids is 1. The first-order chi connectivity index (χ1) is 8.15. The van der Waals surface area contributed by atoms with Crippen LogP contribution >= 0.6 is 0 Å². The third-order valence-electron chi connectivity index (χ3n) is 3.19.